The van der Waals surface area contributed by atoms with Crippen LogP contribution >= 0.6 is 0 Å². The molecule has 0 aliphatic carbocycles. The van der Waals surface area contributed by atoms with Gasteiger partial charge in [-0.2, -0.15) is 0 Å². The molecule has 2 aromatic carbocycles. The molecule has 0 fully saturated rings. The molecule has 0 aliphatic heterocycles. The van der Waals surface area contributed by atoms with E-state index >= 15 is 0 Å². The molecule has 0 amide bonds. The van der Waals surface area contributed by atoms with Crippen molar-refractivity contribution in [1.29, 1.82) is 0 Å². The lowest BCUT2D eigenvalue weighted by Gasteiger charge is -2.11. The Labute approximate surface area is 116 Å². The van der Waals surface area contributed by atoms with Crippen LogP contribution in [0.2, 0.25) is 0 Å². The summed E-state index contributed by atoms with van der Waals surface area (Å²) in [6.07, 6.45) is 0. The van der Waals surface area contributed by atoms with Crippen molar-refractivity contribution in [2.75, 3.05) is 26.1 Å². The predicted molar refractivity (Wildman–Crippen MR) is 75.8 cm³/mol. The molecular weight excluding hydrogens is 258 g/mol. The Kier molecular flexibility index (Phi) is 4.20. The van der Waals surface area contributed by atoms with Gasteiger partial charge in [0.25, 0.3) is 0 Å². The number of nitrogens with one attached hydrogen (secondary N) is 1. The van der Waals surface area contributed by atoms with Crippen molar-refractivity contribution >= 4 is 28.4 Å². The van der Waals surface area contributed by atoms with Crippen LogP contribution in [-0.2, 0) is 14.3 Å². The van der Waals surface area contributed by atoms with Gasteiger partial charge in [-0.25, -0.2) is 4.79 Å². The quantitative estimate of drug-likeness (QED) is 0.865. The molecule has 0 aliphatic rings. The van der Waals surface area contributed by atoms with Crippen LogP contribution in [0, 0.1) is 0 Å². The maximum absolute atomic E-state index is 11.8. The Balaban J connectivity index is 2.43. The Morgan fingerprint density at radius 3 is 2.30 bits per heavy atom. The lowest BCUT2D eigenvalue weighted by molar-refractivity contribution is -0.138. The minimum atomic E-state index is -0.455. The third-order valence-electron chi connectivity index (χ3n) is 2.94. The number of benzene rings is 2. The summed E-state index contributed by atoms with van der Waals surface area (Å²) in [6, 6.07) is 11.2. The van der Waals surface area contributed by atoms with Crippen LogP contribution in [0.25, 0.3) is 10.8 Å². The van der Waals surface area contributed by atoms with Crippen molar-refractivity contribution in [3.63, 3.8) is 0 Å². The van der Waals surface area contributed by atoms with Gasteiger partial charge in [0.2, 0.25) is 0 Å². The fourth-order valence-electron chi connectivity index (χ4n) is 1.90. The minimum absolute atomic E-state index is 0.0150. The van der Waals surface area contributed by atoms with Crippen LogP contribution in [0.4, 0.5) is 5.69 Å². The van der Waals surface area contributed by atoms with E-state index < -0.39 is 11.9 Å². The Hall–Kier alpha value is -2.56. The molecular formula is C15H15NO4. The molecule has 0 heterocycles. The molecule has 0 radical (unpaired) electrons. The third kappa shape index (κ3) is 2.88. The number of ether oxygens (including phenoxy) is 2. The molecule has 0 spiro atoms. The van der Waals surface area contributed by atoms with Crippen LogP contribution in [0.1, 0.15) is 10.4 Å². The van der Waals surface area contributed by atoms with Gasteiger partial charge < -0.3 is 14.8 Å². The summed E-state index contributed by atoms with van der Waals surface area (Å²) in [5, 5.41) is 4.79. The lowest BCUT2D eigenvalue weighted by Crippen LogP contribution is -2.17. The summed E-state index contributed by atoms with van der Waals surface area (Å²) in [6.45, 7) is -0.0150. The predicted octanol–water partition coefficient (Wildman–Crippen LogP) is 2.21. The van der Waals surface area contributed by atoms with Gasteiger partial charge in [0.1, 0.15) is 6.54 Å². The largest absolute Gasteiger partial charge is 0.468 e. The van der Waals surface area contributed by atoms with Crippen LogP contribution in [-0.4, -0.2) is 32.7 Å². The molecule has 104 valence electrons. The van der Waals surface area contributed by atoms with E-state index in [0.29, 0.717) is 11.3 Å². The van der Waals surface area contributed by atoms with Crippen LogP contribution in [0.15, 0.2) is 36.4 Å². The molecule has 0 bridgehead atoms. The van der Waals surface area contributed by atoms with Gasteiger partial charge in [-0.05, 0) is 22.9 Å². The SMILES string of the molecule is COC(=O)CNc1cc2ccccc2cc1C(=O)OC. The molecule has 5 heteroatoms. The number of esters is 2. The molecule has 2 rings (SSSR count). The standard InChI is InChI=1S/C15H15NO4/c1-19-14(17)9-16-13-8-11-6-4-3-5-10(11)7-12(13)15(18)20-2/h3-8,16H,9H2,1-2H3. The van der Waals surface area contributed by atoms with E-state index in [1.54, 1.807) is 6.07 Å². The molecule has 20 heavy (non-hydrogen) atoms. The van der Waals surface area contributed by atoms with Gasteiger partial charge in [-0.1, -0.05) is 24.3 Å². The second-order valence-corrected chi connectivity index (χ2v) is 4.17. The molecule has 0 unspecified atom stereocenters. The highest BCUT2D eigenvalue weighted by Crippen LogP contribution is 2.24. The summed E-state index contributed by atoms with van der Waals surface area (Å²) >= 11 is 0. The zero-order chi connectivity index (χ0) is 14.5. The molecule has 1 N–H and O–H groups in total. The van der Waals surface area contributed by atoms with Crippen LogP contribution in [0.5, 0.6) is 0 Å². The van der Waals surface area contributed by atoms with Gasteiger partial charge in [0, 0.05) is 5.69 Å². The van der Waals surface area contributed by atoms with E-state index in [1.165, 1.54) is 14.2 Å². The van der Waals surface area contributed by atoms with Crippen molar-refractivity contribution in [3.05, 3.63) is 42.0 Å². The highest BCUT2D eigenvalue weighted by Gasteiger charge is 2.14. The zero-order valence-corrected chi connectivity index (χ0v) is 11.3. The van der Waals surface area contributed by atoms with Gasteiger partial charge in [0.05, 0.1) is 19.8 Å². The first-order chi connectivity index (χ1) is 9.65. The number of carbonyl (C=O) groups excluding carboxylic acids is 2. The molecule has 0 saturated heterocycles. The summed E-state index contributed by atoms with van der Waals surface area (Å²) in [4.78, 5) is 23.0. The van der Waals surface area contributed by atoms with Crippen LogP contribution < -0.4 is 5.32 Å². The van der Waals surface area contributed by atoms with Gasteiger partial charge in [-0.15, -0.1) is 0 Å². The topological polar surface area (TPSA) is 64.6 Å². The Morgan fingerprint density at radius 1 is 1.05 bits per heavy atom. The van der Waals surface area contributed by atoms with E-state index in [-0.39, 0.29) is 6.54 Å². The number of fused-ring (bicyclic) bond motifs is 1. The second kappa shape index (κ2) is 6.06. The minimum Gasteiger partial charge on any atom is -0.468 e. The average Bonchev–Trinajstić information content (AvgIpc) is 2.50. The highest BCUT2D eigenvalue weighted by atomic mass is 16.5. The first-order valence-corrected chi connectivity index (χ1v) is 6.07. The van der Waals surface area contributed by atoms with Crippen molar-refractivity contribution in [2.24, 2.45) is 0 Å². The summed E-state index contributed by atoms with van der Waals surface area (Å²) in [5.74, 6) is -0.864. The molecule has 5 nitrogen and oxygen atoms in total. The zero-order valence-electron chi connectivity index (χ0n) is 11.3. The lowest BCUT2D eigenvalue weighted by atomic mass is 10.0. The molecule has 0 saturated carbocycles. The monoisotopic (exact) mass is 273 g/mol. The van der Waals surface area contributed by atoms with Gasteiger partial charge in [0.15, 0.2) is 0 Å². The number of methoxy groups -OCH3 is 2. The Morgan fingerprint density at radius 2 is 1.70 bits per heavy atom. The smallest absolute Gasteiger partial charge is 0.339 e. The Bertz CT molecular complexity index is 651. The third-order valence-corrected chi connectivity index (χ3v) is 2.94. The summed E-state index contributed by atoms with van der Waals surface area (Å²) in [5.41, 5.74) is 0.927. The summed E-state index contributed by atoms with van der Waals surface area (Å²) < 4.78 is 9.33. The molecule has 0 atom stereocenters. The molecule has 2 aromatic rings. The van der Waals surface area contributed by atoms with Crippen molar-refractivity contribution < 1.29 is 19.1 Å². The van der Waals surface area contributed by atoms with E-state index in [9.17, 15) is 9.59 Å². The van der Waals surface area contributed by atoms with Crippen molar-refractivity contribution in [2.45, 2.75) is 0 Å². The number of rotatable bonds is 4. The van der Waals surface area contributed by atoms with Crippen molar-refractivity contribution in [3.8, 4) is 0 Å². The van der Waals surface area contributed by atoms with Gasteiger partial charge in [-0.3, -0.25) is 4.79 Å². The maximum atomic E-state index is 11.8. The first kappa shape index (κ1) is 13.9. The second-order valence-electron chi connectivity index (χ2n) is 4.17. The molecule has 0 aromatic heterocycles. The number of anilines is 1. The number of hydrogen-bond acceptors (Lipinski definition) is 5. The number of carbonyl (C=O) groups is 2. The maximum Gasteiger partial charge on any atom is 0.339 e. The fraction of sp³-hybridized carbons (Fsp3) is 0.200. The van der Waals surface area contributed by atoms with E-state index in [0.717, 1.165) is 10.8 Å². The van der Waals surface area contributed by atoms with Crippen molar-refractivity contribution in [1.82, 2.24) is 0 Å². The van der Waals surface area contributed by atoms with E-state index in [1.807, 2.05) is 30.3 Å². The van der Waals surface area contributed by atoms with E-state index in [4.69, 9.17) is 4.74 Å². The van der Waals surface area contributed by atoms with Gasteiger partial charge >= 0.3 is 11.9 Å². The van der Waals surface area contributed by atoms with E-state index in [2.05, 4.69) is 10.1 Å². The highest BCUT2D eigenvalue weighted by molar-refractivity contribution is 6.02. The normalized spacial score (nSPS) is 10.1. The van der Waals surface area contributed by atoms with Crippen LogP contribution in [0.3, 0.4) is 0 Å². The summed E-state index contributed by atoms with van der Waals surface area (Å²) in [7, 11) is 2.63. The number of hydrogen-bond donors (Lipinski definition) is 1. The average molecular weight is 273 g/mol. The first-order valence-electron chi connectivity index (χ1n) is 6.07. The fourth-order valence-corrected chi connectivity index (χ4v) is 1.90.